The maximum Gasteiger partial charge on any atom is 0.215 e. The van der Waals surface area contributed by atoms with E-state index < -0.39 is 0 Å². The molecule has 145 heavy (non-hydrogen) atoms. The van der Waals surface area contributed by atoms with Crippen molar-refractivity contribution in [3.05, 3.63) is 340 Å². The van der Waals surface area contributed by atoms with Crippen LogP contribution in [0.2, 0.25) is 0 Å². The number of nitrogens with two attached hydrogens (primary N) is 6. The summed E-state index contributed by atoms with van der Waals surface area (Å²) in [5.41, 5.74) is 45.4. The van der Waals surface area contributed by atoms with Crippen molar-refractivity contribution < 1.29 is 28.8 Å². The number of halogens is 1. The second-order valence-electron chi connectivity index (χ2n) is 35.4. The van der Waals surface area contributed by atoms with Crippen LogP contribution in [0.1, 0.15) is 167 Å². The van der Waals surface area contributed by atoms with Crippen LogP contribution in [-0.2, 0) is 0 Å². The largest absolute Gasteiger partial charge is 0.383 e. The quantitative estimate of drug-likeness (QED) is 0.0299. The highest BCUT2D eigenvalue weighted by Crippen LogP contribution is 2.34. The summed E-state index contributed by atoms with van der Waals surface area (Å²) in [4.78, 5) is 145. The normalized spacial score (nSPS) is 15.1. The minimum absolute atomic E-state index is 0.181. The molecule has 34 nitrogen and oxygen atoms in total. The fourth-order valence-corrected chi connectivity index (χ4v) is 18.1. The second kappa shape index (κ2) is 49.3. The standard InChI is InChI=1S/C23H22N6O.C21H21N5O.C17H19N5O.C17H20N4O.C16H17BrN4O.C16H18N4O/c24-23-17(12-15(13-27-23)18-14-26-19-5-2-1-4-16(18)19)22(30)20-6-3-7-21(28-20)29-10-8-25-9-11-29;22-21-17(13-16(14-24-21)15-5-2-1-3-6-15)20(27)18-7-4-8-19(25-18)26-11-9-23-10-12-26;1-2-12-10-13(17(18)20-11-12)16(23)14-4-3-5-15(21-14)22-8-6-19-7-9-22;1-12-6-2-3-11-21(12)15-9-4-8-14(20-15)16(22)13-7-5-10-19-17(13)18;17-11-9-12(16(18)19-10-11)15(22)13-5-4-6-14(20-13)21-7-2-1-3-8-21;17-16-12(6-5-9-18-16)15(21)13-7-4-8-14(19-13)20-10-2-1-3-11-20/h1-7,12-14,25-26H,8-11H2,(H2,24,27);1-8,13-14,23H,9-12H2,(H2,22,24);2-5,10-11,19H,1,6-9H2,(H2,18,20);4-5,7-10,12H,2-3,6,11H2,1H3,(H2,18,19);4-6,9-10H,1-3,7-8H2,(H2,18,19);4-9H,1-3,10-11H2,(H2,17,18). The molecule has 0 spiro atoms. The van der Waals surface area contributed by atoms with E-state index in [0.29, 0.717) is 73.6 Å². The Morgan fingerprint density at radius 3 is 1.10 bits per heavy atom. The molecule has 1 atom stereocenters. The van der Waals surface area contributed by atoms with Crippen molar-refractivity contribution in [1.82, 2.24) is 80.7 Å². The maximum atomic E-state index is 13.3. The number of nitrogens with one attached hydrogen (secondary N) is 4. The van der Waals surface area contributed by atoms with Crippen molar-refractivity contribution in [1.29, 1.82) is 0 Å². The molecule has 35 heteroatoms. The number of carbonyl (C=O) groups excluding carboxylic acids is 6. The summed E-state index contributed by atoms with van der Waals surface area (Å²) >= 11 is 3.32. The molecule has 16 N–H and O–H groups in total. The predicted octanol–water partition coefficient (Wildman–Crippen LogP) is 14.5. The Morgan fingerprint density at radius 2 is 0.676 bits per heavy atom. The van der Waals surface area contributed by atoms with Gasteiger partial charge in [0.2, 0.25) is 34.7 Å². The van der Waals surface area contributed by atoms with Crippen LogP contribution in [0.4, 0.5) is 69.8 Å². The Kier molecular flexibility index (Phi) is 34.5. The van der Waals surface area contributed by atoms with Crippen LogP contribution in [0.25, 0.3) is 39.2 Å². The third-order valence-corrected chi connectivity index (χ3v) is 26.1. The van der Waals surface area contributed by atoms with Gasteiger partial charge in [0.15, 0.2) is 0 Å². The number of anilines is 12. The Labute approximate surface area is 849 Å². The number of piperazine rings is 3. The zero-order chi connectivity index (χ0) is 101. The van der Waals surface area contributed by atoms with E-state index >= 15 is 0 Å². The lowest BCUT2D eigenvalue weighted by molar-refractivity contribution is 0.102. The highest BCUT2D eigenvalue weighted by atomic mass is 79.9. The molecule has 21 rings (SSSR count). The van der Waals surface area contributed by atoms with Gasteiger partial charge in [-0.05, 0) is 219 Å². The molecule has 15 aromatic rings. The van der Waals surface area contributed by atoms with Gasteiger partial charge in [0, 0.05) is 193 Å². The number of aromatic amines is 1. The zero-order valence-electron chi connectivity index (χ0n) is 80.8. The monoisotopic (exact) mass is 2000 g/mol. The molecule has 740 valence electrons. The SMILES string of the molecule is C=Cc1cnc(N)c(C(=O)c2cccc(N3CCNCC3)n2)c1.CC1CCCCN1c1cccc(C(=O)c2cccnc2N)n1.Nc1ncc(-c2c[nH]c3ccccc23)cc1C(=O)c1cccc(N2CCNCC2)n1.Nc1ncc(-c2ccccc2)cc1C(=O)c1cccc(N2CCNCC2)n1.Nc1ncc(Br)cc1C(=O)c1cccc(N2CCCCC2)n1.Nc1ncccc1C(=O)c1cccc(N2CCCCC2)n1. The van der Waals surface area contributed by atoms with Gasteiger partial charge in [0.05, 0.1) is 33.4 Å². The number of hydrogen-bond donors (Lipinski definition) is 10. The number of pyridine rings is 12. The number of para-hydroxylation sites is 1. The molecule has 1 unspecified atom stereocenters. The summed E-state index contributed by atoms with van der Waals surface area (Å²) in [5, 5.41) is 11.0. The maximum absolute atomic E-state index is 13.3. The van der Waals surface area contributed by atoms with Crippen molar-refractivity contribution in [2.24, 2.45) is 0 Å². The molecule has 6 aliphatic rings. The molecule has 6 saturated heterocycles. The molecule has 0 aliphatic carbocycles. The summed E-state index contributed by atoms with van der Waals surface area (Å²) in [7, 11) is 0. The van der Waals surface area contributed by atoms with E-state index in [1.54, 1.807) is 128 Å². The van der Waals surface area contributed by atoms with Crippen LogP contribution in [0.5, 0.6) is 0 Å². The summed E-state index contributed by atoms with van der Waals surface area (Å²) < 4.78 is 0.720. The van der Waals surface area contributed by atoms with Gasteiger partial charge in [0.1, 0.15) is 104 Å². The van der Waals surface area contributed by atoms with E-state index in [0.717, 1.165) is 196 Å². The van der Waals surface area contributed by atoms with Crippen LogP contribution in [0, 0.1) is 0 Å². The van der Waals surface area contributed by atoms with Gasteiger partial charge in [0.25, 0.3) is 0 Å². The lowest BCUT2D eigenvalue weighted by Crippen LogP contribution is -2.44. The first kappa shape index (κ1) is 101. The summed E-state index contributed by atoms with van der Waals surface area (Å²) in [6.45, 7) is 21.6. The predicted molar refractivity (Wildman–Crippen MR) is 576 cm³/mol. The van der Waals surface area contributed by atoms with E-state index in [1.165, 1.54) is 51.4 Å². The number of aromatic nitrogens is 13. The third-order valence-electron chi connectivity index (χ3n) is 25.6. The average Bonchev–Trinajstić information content (AvgIpc) is 1.71. The minimum atomic E-state index is -0.226. The fourth-order valence-electron chi connectivity index (χ4n) is 17.7. The number of benzene rings is 2. The van der Waals surface area contributed by atoms with Gasteiger partial charge in [-0.3, -0.25) is 28.8 Å². The molecular weight excluding hydrogens is 1890 g/mol. The lowest BCUT2D eigenvalue weighted by Gasteiger charge is -2.34. The van der Waals surface area contributed by atoms with Gasteiger partial charge in [-0.25, -0.2) is 59.8 Å². The summed E-state index contributed by atoms with van der Waals surface area (Å²) in [6.07, 6.45) is 24.0. The highest BCUT2D eigenvalue weighted by Gasteiger charge is 2.28. The van der Waals surface area contributed by atoms with Gasteiger partial charge in [-0.2, -0.15) is 0 Å². The smallest absolute Gasteiger partial charge is 0.215 e. The minimum Gasteiger partial charge on any atom is -0.383 e. The van der Waals surface area contributed by atoms with E-state index in [9.17, 15) is 28.8 Å². The van der Waals surface area contributed by atoms with Gasteiger partial charge >= 0.3 is 0 Å². The fraction of sp³-hybridized carbons (Fsp3) is 0.255. The van der Waals surface area contributed by atoms with Crippen LogP contribution in [0.15, 0.2) is 267 Å². The number of ketones is 6. The van der Waals surface area contributed by atoms with Crippen LogP contribution in [0.3, 0.4) is 0 Å². The second-order valence-corrected chi connectivity index (χ2v) is 36.3. The Hall–Kier alpha value is -16.5. The number of carbonyl (C=O) groups is 6. The number of hydrogen-bond acceptors (Lipinski definition) is 33. The first-order valence-corrected chi connectivity index (χ1v) is 49.5. The number of nitrogen functional groups attached to an aromatic ring is 6. The van der Waals surface area contributed by atoms with Crippen LogP contribution < -0.4 is 79.8 Å². The van der Waals surface area contributed by atoms with Crippen molar-refractivity contribution >= 4 is 137 Å². The molecule has 0 bridgehead atoms. The molecular formula is C110H117BrN28O6. The van der Waals surface area contributed by atoms with Crippen molar-refractivity contribution in [2.45, 2.75) is 70.8 Å². The van der Waals surface area contributed by atoms with Crippen molar-refractivity contribution in [3.63, 3.8) is 0 Å². The van der Waals surface area contributed by atoms with Crippen LogP contribution in [-0.4, -0.2) is 217 Å². The number of fused-ring (bicyclic) bond motifs is 1. The lowest BCUT2D eigenvalue weighted by atomic mass is 10.0. The topological polar surface area (TPSA) is 485 Å². The van der Waals surface area contributed by atoms with E-state index in [2.05, 4.69) is 140 Å². The molecule has 13 aromatic heterocycles. The molecule has 6 fully saturated rings. The van der Waals surface area contributed by atoms with Gasteiger partial charge < -0.3 is 84.7 Å². The molecule has 2 aromatic carbocycles. The molecule has 0 radical (unpaired) electrons. The van der Waals surface area contributed by atoms with E-state index in [4.69, 9.17) is 34.4 Å². The van der Waals surface area contributed by atoms with Crippen molar-refractivity contribution in [3.8, 4) is 22.3 Å². The Balaban J connectivity index is 0.000000125. The van der Waals surface area contributed by atoms with E-state index in [1.807, 2.05) is 134 Å². The molecule has 19 heterocycles. The average molecular weight is 2010 g/mol. The first-order chi connectivity index (χ1) is 70.7. The number of rotatable bonds is 21. The summed E-state index contributed by atoms with van der Waals surface area (Å²) in [5.74, 6) is 5.11. The number of H-pyrrole nitrogens is 1. The third kappa shape index (κ3) is 25.9. The van der Waals surface area contributed by atoms with Crippen LogP contribution >= 0.6 is 15.9 Å². The van der Waals surface area contributed by atoms with Crippen molar-refractivity contribution in [2.75, 3.05) is 175 Å². The number of nitrogens with zero attached hydrogens (tertiary/aromatic N) is 18. The first-order valence-electron chi connectivity index (χ1n) is 48.8. The van der Waals surface area contributed by atoms with E-state index in [-0.39, 0.29) is 69.6 Å². The number of piperidine rings is 3. The molecule has 0 amide bonds. The summed E-state index contributed by atoms with van der Waals surface area (Å²) in [6, 6.07) is 65.2. The van der Waals surface area contributed by atoms with Gasteiger partial charge in [-0.15, -0.1) is 0 Å². The zero-order valence-corrected chi connectivity index (χ0v) is 82.4. The Morgan fingerprint density at radius 1 is 0.331 bits per heavy atom. The highest BCUT2D eigenvalue weighted by molar-refractivity contribution is 9.10. The van der Waals surface area contributed by atoms with Gasteiger partial charge in [-0.1, -0.05) is 97.6 Å². The molecule has 6 aliphatic heterocycles. The molecule has 0 saturated carbocycles. The Bertz CT molecular complexity index is 7080.